The Hall–Kier alpha value is -2.64. The lowest BCUT2D eigenvalue weighted by molar-refractivity contribution is 0.0769. The molecule has 2 aromatic rings. The number of hydrogen-bond donors (Lipinski definition) is 1. The summed E-state index contributed by atoms with van der Waals surface area (Å²) in [6.45, 7) is 4.85. The fourth-order valence-corrected chi connectivity index (χ4v) is 2.68. The van der Waals surface area contributed by atoms with Gasteiger partial charge in [0.15, 0.2) is 0 Å². The summed E-state index contributed by atoms with van der Waals surface area (Å²) < 4.78 is 10.7. The van der Waals surface area contributed by atoms with Gasteiger partial charge in [-0.3, -0.25) is 9.89 Å². The zero-order valence-electron chi connectivity index (χ0n) is 13.4. The summed E-state index contributed by atoms with van der Waals surface area (Å²) in [4.78, 5) is 14.4. The van der Waals surface area contributed by atoms with Gasteiger partial charge in [0.1, 0.15) is 6.10 Å². The molecule has 0 saturated carbocycles. The summed E-state index contributed by atoms with van der Waals surface area (Å²) in [5, 5.41) is 14.7. The van der Waals surface area contributed by atoms with E-state index in [-0.39, 0.29) is 12.0 Å². The number of rotatable bonds is 4. The third-order valence-corrected chi connectivity index (χ3v) is 3.89. The van der Waals surface area contributed by atoms with Gasteiger partial charge < -0.3 is 14.4 Å². The predicted octanol–water partition coefficient (Wildman–Crippen LogP) is 1.12. The van der Waals surface area contributed by atoms with E-state index in [4.69, 9.17) is 9.47 Å². The van der Waals surface area contributed by atoms with Gasteiger partial charge in [0, 0.05) is 30.8 Å². The first-order chi connectivity index (χ1) is 11.1. The number of ether oxygens (including phenoxy) is 2. The summed E-state index contributed by atoms with van der Waals surface area (Å²) >= 11 is 0. The van der Waals surface area contributed by atoms with Gasteiger partial charge in [-0.05, 0) is 13.8 Å². The lowest BCUT2D eigenvalue weighted by Crippen LogP contribution is -2.31. The van der Waals surface area contributed by atoms with Crippen molar-refractivity contribution >= 4 is 5.91 Å². The molecule has 1 atom stereocenters. The maximum Gasteiger partial charge on any atom is 0.257 e. The molecule has 0 aromatic carbocycles. The van der Waals surface area contributed by atoms with Crippen LogP contribution in [0.3, 0.4) is 0 Å². The van der Waals surface area contributed by atoms with Crippen LogP contribution in [0.15, 0.2) is 12.1 Å². The van der Waals surface area contributed by atoms with Gasteiger partial charge in [-0.2, -0.15) is 5.10 Å². The number of methoxy groups -OCH3 is 1. The van der Waals surface area contributed by atoms with E-state index in [1.807, 2.05) is 13.8 Å². The van der Waals surface area contributed by atoms with Crippen molar-refractivity contribution in [1.29, 1.82) is 0 Å². The lowest BCUT2D eigenvalue weighted by atomic mass is 10.2. The van der Waals surface area contributed by atoms with Crippen molar-refractivity contribution < 1.29 is 14.3 Å². The monoisotopic (exact) mass is 317 g/mol. The van der Waals surface area contributed by atoms with Crippen LogP contribution in [0.4, 0.5) is 0 Å². The number of hydrogen-bond acceptors (Lipinski definition) is 6. The van der Waals surface area contributed by atoms with Gasteiger partial charge in [-0.15, -0.1) is 10.2 Å². The molecule has 3 heterocycles. The topological polar surface area (TPSA) is 93.2 Å². The standard InChI is InChI=1S/C15H19N5O3/c1-9-14(10(2)17-16-9)15(21)20-7-6-11(8-20)23-13-5-4-12(22-3)18-19-13/h4-5,11H,6-8H2,1-3H3,(H,16,17)/t11-/m1/s1. The maximum atomic E-state index is 12.6. The molecule has 1 N–H and O–H groups in total. The van der Waals surface area contributed by atoms with Crippen LogP contribution in [0, 0.1) is 13.8 Å². The predicted molar refractivity (Wildman–Crippen MR) is 81.6 cm³/mol. The molecule has 122 valence electrons. The SMILES string of the molecule is COc1ccc(O[C@@H]2CCN(C(=O)c3c(C)n[nH]c3C)C2)nn1. The molecule has 1 amide bonds. The minimum Gasteiger partial charge on any atom is -0.480 e. The summed E-state index contributed by atoms with van der Waals surface area (Å²) in [6.07, 6.45) is 0.671. The fraction of sp³-hybridized carbons (Fsp3) is 0.467. The third kappa shape index (κ3) is 3.10. The van der Waals surface area contributed by atoms with Gasteiger partial charge in [0.05, 0.1) is 24.9 Å². The number of amides is 1. The zero-order chi connectivity index (χ0) is 16.4. The van der Waals surface area contributed by atoms with E-state index >= 15 is 0 Å². The van der Waals surface area contributed by atoms with Crippen LogP contribution < -0.4 is 9.47 Å². The minimum atomic E-state index is -0.0887. The van der Waals surface area contributed by atoms with E-state index < -0.39 is 0 Å². The van der Waals surface area contributed by atoms with Gasteiger partial charge in [-0.25, -0.2) is 0 Å². The van der Waals surface area contributed by atoms with Crippen LogP contribution in [-0.2, 0) is 0 Å². The van der Waals surface area contributed by atoms with E-state index in [0.29, 0.717) is 30.4 Å². The average molecular weight is 317 g/mol. The van der Waals surface area contributed by atoms with E-state index in [2.05, 4.69) is 20.4 Å². The van der Waals surface area contributed by atoms with Crippen LogP contribution in [0.2, 0.25) is 0 Å². The molecule has 3 rings (SSSR count). The number of aromatic nitrogens is 4. The highest BCUT2D eigenvalue weighted by Gasteiger charge is 2.30. The van der Waals surface area contributed by atoms with Crippen molar-refractivity contribution in [2.45, 2.75) is 26.4 Å². The number of aromatic amines is 1. The van der Waals surface area contributed by atoms with Crippen molar-refractivity contribution in [1.82, 2.24) is 25.3 Å². The van der Waals surface area contributed by atoms with Crippen molar-refractivity contribution in [2.75, 3.05) is 20.2 Å². The molecule has 0 radical (unpaired) electrons. The summed E-state index contributed by atoms with van der Waals surface area (Å²) in [7, 11) is 1.53. The minimum absolute atomic E-state index is 0.0133. The Morgan fingerprint density at radius 3 is 2.65 bits per heavy atom. The lowest BCUT2D eigenvalue weighted by Gasteiger charge is -2.17. The molecule has 2 aromatic heterocycles. The molecule has 8 nitrogen and oxygen atoms in total. The molecule has 1 aliphatic heterocycles. The van der Waals surface area contributed by atoms with Crippen molar-refractivity contribution in [3.63, 3.8) is 0 Å². The van der Waals surface area contributed by atoms with E-state index in [1.165, 1.54) is 7.11 Å². The third-order valence-electron chi connectivity index (χ3n) is 3.89. The molecule has 1 saturated heterocycles. The quantitative estimate of drug-likeness (QED) is 0.908. The van der Waals surface area contributed by atoms with Crippen LogP contribution in [0.1, 0.15) is 28.2 Å². The fourth-order valence-electron chi connectivity index (χ4n) is 2.68. The maximum absolute atomic E-state index is 12.6. The van der Waals surface area contributed by atoms with Crippen LogP contribution in [0.5, 0.6) is 11.8 Å². The smallest absolute Gasteiger partial charge is 0.257 e. The summed E-state index contributed by atoms with van der Waals surface area (Å²) in [5.74, 6) is 0.855. The number of nitrogens with one attached hydrogen (secondary N) is 1. The Labute approximate surface area is 133 Å². The molecule has 1 fully saturated rings. The van der Waals surface area contributed by atoms with E-state index in [9.17, 15) is 4.79 Å². The number of likely N-dealkylation sites (tertiary alicyclic amines) is 1. The first kappa shape index (κ1) is 15.3. The van der Waals surface area contributed by atoms with Gasteiger partial charge in [0.2, 0.25) is 11.8 Å². The molecule has 23 heavy (non-hydrogen) atoms. The summed E-state index contributed by atoms with van der Waals surface area (Å²) in [5.41, 5.74) is 2.16. The van der Waals surface area contributed by atoms with E-state index in [0.717, 1.165) is 17.8 Å². The molecular formula is C15H19N5O3. The number of carbonyl (C=O) groups is 1. The normalized spacial score (nSPS) is 17.3. The molecule has 1 aliphatic rings. The van der Waals surface area contributed by atoms with Gasteiger partial charge >= 0.3 is 0 Å². The molecule has 0 bridgehead atoms. The molecule has 8 heteroatoms. The molecule has 0 unspecified atom stereocenters. The number of aryl methyl sites for hydroxylation is 2. The van der Waals surface area contributed by atoms with Crippen LogP contribution in [-0.4, -0.2) is 57.5 Å². The van der Waals surface area contributed by atoms with Crippen molar-refractivity contribution in [2.24, 2.45) is 0 Å². The van der Waals surface area contributed by atoms with Gasteiger partial charge in [-0.1, -0.05) is 0 Å². The molecule has 0 spiro atoms. The Morgan fingerprint density at radius 2 is 2.04 bits per heavy atom. The van der Waals surface area contributed by atoms with Crippen molar-refractivity contribution in [3.8, 4) is 11.8 Å². The first-order valence-corrected chi connectivity index (χ1v) is 7.43. The number of H-pyrrole nitrogens is 1. The Bertz CT molecular complexity index is 678. The second-order valence-corrected chi connectivity index (χ2v) is 5.50. The highest BCUT2D eigenvalue weighted by atomic mass is 16.5. The average Bonchev–Trinajstić information content (AvgIpc) is 3.15. The molecular weight excluding hydrogens is 298 g/mol. The molecule has 0 aliphatic carbocycles. The second kappa shape index (κ2) is 6.23. The Kier molecular flexibility index (Phi) is 4.14. The Morgan fingerprint density at radius 1 is 1.30 bits per heavy atom. The largest absolute Gasteiger partial charge is 0.480 e. The second-order valence-electron chi connectivity index (χ2n) is 5.50. The zero-order valence-corrected chi connectivity index (χ0v) is 13.4. The van der Waals surface area contributed by atoms with Crippen molar-refractivity contribution in [3.05, 3.63) is 29.1 Å². The highest BCUT2D eigenvalue weighted by Crippen LogP contribution is 2.21. The number of nitrogens with zero attached hydrogens (tertiary/aromatic N) is 4. The summed E-state index contributed by atoms with van der Waals surface area (Å²) in [6, 6.07) is 3.40. The van der Waals surface area contributed by atoms with Crippen LogP contribution >= 0.6 is 0 Å². The highest BCUT2D eigenvalue weighted by molar-refractivity contribution is 5.96. The van der Waals surface area contributed by atoms with E-state index in [1.54, 1.807) is 17.0 Å². The van der Waals surface area contributed by atoms with Crippen LogP contribution in [0.25, 0.3) is 0 Å². The number of carbonyl (C=O) groups excluding carboxylic acids is 1. The Balaban J connectivity index is 1.63. The first-order valence-electron chi connectivity index (χ1n) is 7.43. The van der Waals surface area contributed by atoms with Gasteiger partial charge in [0.25, 0.3) is 5.91 Å².